The molecule has 0 aliphatic heterocycles. The molecule has 0 radical (unpaired) electrons. The lowest BCUT2D eigenvalue weighted by molar-refractivity contribution is 0.436. The van der Waals surface area contributed by atoms with Gasteiger partial charge < -0.3 is 0 Å². The van der Waals surface area contributed by atoms with Gasteiger partial charge in [-0.1, -0.05) is 33.6 Å². The lowest BCUT2D eigenvalue weighted by Crippen LogP contribution is -2.33. The van der Waals surface area contributed by atoms with Gasteiger partial charge in [0.05, 0.1) is 5.02 Å². The Labute approximate surface area is 121 Å². The Morgan fingerprint density at radius 2 is 2.17 bits per heavy atom. The Balaban J connectivity index is 2.42. The fourth-order valence-electron chi connectivity index (χ4n) is 1.74. The molecule has 0 heterocycles. The molecule has 0 atom stereocenters. The van der Waals surface area contributed by atoms with Crippen molar-refractivity contribution in [1.29, 1.82) is 0 Å². The van der Waals surface area contributed by atoms with Crippen molar-refractivity contribution in [3.8, 4) is 0 Å². The van der Waals surface area contributed by atoms with E-state index in [4.69, 9.17) is 11.6 Å². The van der Waals surface area contributed by atoms with Gasteiger partial charge in [0.25, 0.3) is 0 Å². The summed E-state index contributed by atoms with van der Waals surface area (Å²) in [5, 5.41) is 0.235. The molecule has 0 unspecified atom stereocenters. The molecule has 6 heteroatoms. The summed E-state index contributed by atoms with van der Waals surface area (Å²) in [6, 6.07) is 4.89. The van der Waals surface area contributed by atoms with Gasteiger partial charge in [-0.3, -0.25) is 0 Å². The van der Waals surface area contributed by atoms with Crippen LogP contribution in [-0.4, -0.2) is 25.3 Å². The van der Waals surface area contributed by atoms with E-state index < -0.39 is 10.0 Å². The highest BCUT2D eigenvalue weighted by atomic mass is 79.9. The van der Waals surface area contributed by atoms with E-state index >= 15 is 0 Å². The van der Waals surface area contributed by atoms with Gasteiger partial charge in [-0.15, -0.1) is 6.58 Å². The number of hydrogen-bond acceptors (Lipinski definition) is 2. The first kappa shape index (κ1) is 14.1. The SMILES string of the molecule is C=CCN(C1CC1)S(=O)(=O)c1ccc(Br)cc1Cl. The molecule has 2 rings (SSSR count). The van der Waals surface area contributed by atoms with Gasteiger partial charge in [0.2, 0.25) is 10.0 Å². The first-order valence-electron chi connectivity index (χ1n) is 5.54. The summed E-state index contributed by atoms with van der Waals surface area (Å²) in [5.74, 6) is 0. The summed E-state index contributed by atoms with van der Waals surface area (Å²) >= 11 is 9.28. The topological polar surface area (TPSA) is 37.4 Å². The third kappa shape index (κ3) is 2.79. The van der Waals surface area contributed by atoms with Crippen molar-refractivity contribution in [3.05, 3.63) is 40.3 Å². The van der Waals surface area contributed by atoms with E-state index in [0.717, 1.165) is 17.3 Å². The molecular formula is C12H13BrClNO2S. The minimum atomic E-state index is -3.54. The highest BCUT2D eigenvalue weighted by Crippen LogP contribution is 2.34. The van der Waals surface area contributed by atoms with Crippen LogP contribution in [0.4, 0.5) is 0 Å². The van der Waals surface area contributed by atoms with Crippen LogP contribution in [0.25, 0.3) is 0 Å². The molecule has 0 aromatic heterocycles. The lowest BCUT2D eigenvalue weighted by Gasteiger charge is -2.20. The van der Waals surface area contributed by atoms with Gasteiger partial charge in [-0.05, 0) is 31.0 Å². The standard InChI is InChI=1S/C12H13BrClNO2S/c1-2-7-15(10-4-5-10)18(16,17)12-6-3-9(13)8-11(12)14/h2-3,6,8,10H,1,4-5,7H2. The Hall–Kier alpha value is -0.360. The molecule has 0 spiro atoms. The van der Waals surface area contributed by atoms with Crippen molar-refractivity contribution in [1.82, 2.24) is 4.31 Å². The maximum Gasteiger partial charge on any atom is 0.245 e. The molecule has 1 aliphatic rings. The van der Waals surface area contributed by atoms with Crippen LogP contribution in [0.15, 0.2) is 40.2 Å². The second-order valence-electron chi connectivity index (χ2n) is 4.17. The Morgan fingerprint density at radius 1 is 1.50 bits per heavy atom. The molecule has 3 nitrogen and oxygen atoms in total. The quantitative estimate of drug-likeness (QED) is 0.763. The van der Waals surface area contributed by atoms with E-state index in [0.29, 0.717) is 6.54 Å². The van der Waals surface area contributed by atoms with E-state index in [1.165, 1.54) is 10.4 Å². The van der Waals surface area contributed by atoms with Crippen LogP contribution in [0.5, 0.6) is 0 Å². The Kier molecular flexibility index (Phi) is 4.16. The van der Waals surface area contributed by atoms with Gasteiger partial charge >= 0.3 is 0 Å². The van der Waals surface area contributed by atoms with Crippen LogP contribution in [0.2, 0.25) is 5.02 Å². The van der Waals surface area contributed by atoms with Crippen LogP contribution in [-0.2, 0) is 10.0 Å². The molecular weight excluding hydrogens is 338 g/mol. The van der Waals surface area contributed by atoms with Gasteiger partial charge in [0.1, 0.15) is 4.90 Å². The average molecular weight is 351 g/mol. The second-order valence-corrected chi connectivity index (χ2v) is 7.35. The summed E-state index contributed by atoms with van der Waals surface area (Å²) in [6.45, 7) is 3.93. The molecule has 98 valence electrons. The molecule has 1 aliphatic carbocycles. The van der Waals surface area contributed by atoms with Crippen LogP contribution in [0.1, 0.15) is 12.8 Å². The normalized spacial score (nSPS) is 15.9. The van der Waals surface area contributed by atoms with Crippen molar-refractivity contribution in [2.45, 2.75) is 23.8 Å². The molecule has 1 aromatic carbocycles. The molecule has 1 saturated carbocycles. The highest BCUT2D eigenvalue weighted by molar-refractivity contribution is 9.10. The van der Waals surface area contributed by atoms with Crippen molar-refractivity contribution < 1.29 is 8.42 Å². The monoisotopic (exact) mass is 349 g/mol. The average Bonchev–Trinajstić information content (AvgIpc) is 3.08. The van der Waals surface area contributed by atoms with Crippen LogP contribution < -0.4 is 0 Å². The van der Waals surface area contributed by atoms with Gasteiger partial charge in [-0.25, -0.2) is 8.42 Å². The molecule has 1 fully saturated rings. The Bertz CT molecular complexity index is 569. The van der Waals surface area contributed by atoms with E-state index in [1.54, 1.807) is 18.2 Å². The minimum absolute atomic E-state index is 0.0905. The van der Waals surface area contributed by atoms with Crippen LogP contribution >= 0.6 is 27.5 Å². The predicted octanol–water partition coefficient (Wildman–Crippen LogP) is 3.44. The van der Waals surface area contributed by atoms with Crippen molar-refractivity contribution in [2.75, 3.05) is 6.54 Å². The maximum atomic E-state index is 12.5. The minimum Gasteiger partial charge on any atom is -0.207 e. The molecule has 18 heavy (non-hydrogen) atoms. The molecule has 0 saturated heterocycles. The molecule has 0 bridgehead atoms. The third-order valence-electron chi connectivity index (χ3n) is 2.74. The molecule has 0 N–H and O–H groups in total. The van der Waals surface area contributed by atoms with E-state index in [1.807, 2.05) is 0 Å². The van der Waals surface area contributed by atoms with Crippen LogP contribution in [0.3, 0.4) is 0 Å². The summed E-state index contributed by atoms with van der Waals surface area (Å²) in [4.78, 5) is 0.154. The Morgan fingerprint density at radius 3 is 2.67 bits per heavy atom. The fourth-order valence-corrected chi connectivity index (χ4v) is 4.41. The zero-order chi connectivity index (χ0) is 13.3. The van der Waals surface area contributed by atoms with Crippen molar-refractivity contribution in [3.63, 3.8) is 0 Å². The van der Waals surface area contributed by atoms with Gasteiger partial charge in [0.15, 0.2) is 0 Å². The number of benzene rings is 1. The maximum absolute atomic E-state index is 12.5. The largest absolute Gasteiger partial charge is 0.245 e. The smallest absolute Gasteiger partial charge is 0.207 e. The number of rotatable bonds is 5. The summed E-state index contributed by atoms with van der Waals surface area (Å²) in [5.41, 5.74) is 0. The van der Waals surface area contributed by atoms with E-state index in [2.05, 4.69) is 22.5 Å². The number of halogens is 2. The number of hydrogen-bond donors (Lipinski definition) is 0. The summed E-state index contributed by atoms with van der Waals surface area (Å²) < 4.78 is 27.3. The van der Waals surface area contributed by atoms with Gasteiger partial charge in [-0.2, -0.15) is 4.31 Å². The summed E-state index contributed by atoms with van der Waals surface area (Å²) in [6.07, 6.45) is 3.41. The van der Waals surface area contributed by atoms with Crippen molar-refractivity contribution in [2.24, 2.45) is 0 Å². The predicted molar refractivity (Wildman–Crippen MR) is 76.3 cm³/mol. The van der Waals surface area contributed by atoms with Crippen molar-refractivity contribution >= 4 is 37.6 Å². The number of nitrogens with zero attached hydrogens (tertiary/aromatic N) is 1. The second kappa shape index (κ2) is 5.33. The zero-order valence-electron chi connectivity index (χ0n) is 9.64. The van der Waals surface area contributed by atoms with E-state index in [9.17, 15) is 8.42 Å². The number of sulfonamides is 1. The fraction of sp³-hybridized carbons (Fsp3) is 0.333. The highest BCUT2D eigenvalue weighted by Gasteiger charge is 2.38. The molecule has 0 amide bonds. The third-order valence-corrected chi connectivity index (χ3v) is 5.64. The lowest BCUT2D eigenvalue weighted by atomic mass is 10.4. The molecule has 1 aromatic rings. The first-order chi connectivity index (χ1) is 8.46. The van der Waals surface area contributed by atoms with E-state index in [-0.39, 0.29) is 16.0 Å². The zero-order valence-corrected chi connectivity index (χ0v) is 12.8. The van der Waals surface area contributed by atoms with Gasteiger partial charge in [0, 0.05) is 17.1 Å². The van der Waals surface area contributed by atoms with Crippen LogP contribution in [0, 0.1) is 0 Å². The first-order valence-corrected chi connectivity index (χ1v) is 8.15. The summed E-state index contributed by atoms with van der Waals surface area (Å²) in [7, 11) is -3.54.